The van der Waals surface area contributed by atoms with Crippen molar-refractivity contribution in [3.63, 3.8) is 0 Å². The monoisotopic (exact) mass is 327 g/mol. The van der Waals surface area contributed by atoms with Gasteiger partial charge in [-0.3, -0.25) is 0 Å². The third-order valence-corrected chi connectivity index (χ3v) is 4.58. The largest absolute Gasteiger partial charge is 0.370 e. The number of nitrogens with zero attached hydrogens (tertiary/aromatic N) is 2. The molecule has 24 heavy (non-hydrogen) atoms. The van der Waals surface area contributed by atoms with Gasteiger partial charge in [0.15, 0.2) is 0 Å². The van der Waals surface area contributed by atoms with Crippen molar-refractivity contribution in [1.82, 2.24) is 15.3 Å². The first-order chi connectivity index (χ1) is 11.7. The van der Waals surface area contributed by atoms with E-state index in [0.717, 1.165) is 37.3 Å². The van der Waals surface area contributed by atoms with Crippen LogP contribution < -0.4 is 15.5 Å². The molecule has 1 aromatic carbocycles. The van der Waals surface area contributed by atoms with Gasteiger partial charge in [-0.15, -0.1) is 0 Å². The molecule has 3 N–H and O–H groups in total. The lowest BCUT2D eigenvalue weighted by atomic mass is 9.92. The Labute approximate surface area is 142 Å². The Balaban J connectivity index is 1.68. The van der Waals surface area contributed by atoms with Crippen molar-refractivity contribution in [2.24, 2.45) is 0 Å². The van der Waals surface area contributed by atoms with Crippen LogP contribution in [0.4, 0.5) is 16.2 Å². The number of urea groups is 1. The molecule has 1 aliphatic rings. The van der Waals surface area contributed by atoms with Gasteiger partial charge in [0.25, 0.3) is 0 Å². The average molecular weight is 327 g/mol. The van der Waals surface area contributed by atoms with Crippen LogP contribution in [0.5, 0.6) is 0 Å². The number of amides is 2. The zero-order valence-corrected chi connectivity index (χ0v) is 14.3. The van der Waals surface area contributed by atoms with E-state index >= 15 is 0 Å². The minimum absolute atomic E-state index is 0.160. The highest BCUT2D eigenvalue weighted by molar-refractivity contribution is 5.93. The van der Waals surface area contributed by atoms with Crippen LogP contribution >= 0.6 is 0 Å². The highest BCUT2D eigenvalue weighted by Crippen LogP contribution is 2.33. The van der Waals surface area contributed by atoms with E-state index in [0.29, 0.717) is 12.5 Å². The van der Waals surface area contributed by atoms with E-state index in [-0.39, 0.29) is 6.03 Å². The fraction of sp³-hybridized carbons (Fsp3) is 0.444. The molecule has 3 rings (SSSR count). The van der Waals surface area contributed by atoms with Gasteiger partial charge in [-0.05, 0) is 38.8 Å². The number of rotatable bonds is 4. The standard InChI is InChI=1S/C18H25N5O/c1-3-19-18(24)22-15-6-4-5-7-16(15)23-10-8-14(9-11-23)17-13(2)20-12-21-17/h4-7,12,14H,3,8-11H2,1-2H3,(H,20,21)(H2,19,22,24). The normalized spacial score (nSPS) is 15.3. The molecule has 1 aliphatic heterocycles. The molecule has 0 atom stereocenters. The number of imidazole rings is 1. The minimum atomic E-state index is -0.160. The summed E-state index contributed by atoms with van der Waals surface area (Å²) in [6.07, 6.45) is 3.92. The number of piperidine rings is 1. The fourth-order valence-electron chi connectivity index (χ4n) is 3.36. The summed E-state index contributed by atoms with van der Waals surface area (Å²) in [7, 11) is 0. The maximum absolute atomic E-state index is 11.8. The topological polar surface area (TPSA) is 73.1 Å². The Kier molecular flexibility index (Phi) is 5.03. The lowest BCUT2D eigenvalue weighted by molar-refractivity contribution is 0.252. The summed E-state index contributed by atoms with van der Waals surface area (Å²) >= 11 is 0. The van der Waals surface area contributed by atoms with Crippen molar-refractivity contribution < 1.29 is 4.79 Å². The van der Waals surface area contributed by atoms with Gasteiger partial charge >= 0.3 is 6.03 Å². The zero-order chi connectivity index (χ0) is 16.9. The van der Waals surface area contributed by atoms with Crippen LogP contribution in [0.1, 0.15) is 37.1 Å². The number of carbonyl (C=O) groups excluding carboxylic acids is 1. The van der Waals surface area contributed by atoms with Gasteiger partial charge in [0.2, 0.25) is 0 Å². The Morgan fingerprint density at radius 3 is 2.75 bits per heavy atom. The van der Waals surface area contributed by atoms with Gasteiger partial charge in [0.1, 0.15) is 0 Å². The van der Waals surface area contributed by atoms with Gasteiger partial charge in [0.05, 0.1) is 23.4 Å². The number of hydrogen-bond acceptors (Lipinski definition) is 3. The maximum atomic E-state index is 11.8. The molecule has 6 nitrogen and oxygen atoms in total. The lowest BCUT2D eigenvalue weighted by Crippen LogP contribution is -2.34. The van der Waals surface area contributed by atoms with E-state index in [2.05, 4.69) is 38.5 Å². The summed E-state index contributed by atoms with van der Waals surface area (Å²) < 4.78 is 0. The molecule has 0 unspecified atom stereocenters. The number of benzene rings is 1. The first kappa shape index (κ1) is 16.4. The van der Waals surface area contributed by atoms with E-state index in [9.17, 15) is 4.79 Å². The van der Waals surface area contributed by atoms with Gasteiger partial charge < -0.3 is 20.5 Å². The van der Waals surface area contributed by atoms with E-state index in [4.69, 9.17) is 0 Å². The van der Waals surface area contributed by atoms with Crippen LogP contribution in [0.15, 0.2) is 30.6 Å². The summed E-state index contributed by atoms with van der Waals surface area (Å²) in [4.78, 5) is 21.8. The summed E-state index contributed by atoms with van der Waals surface area (Å²) in [6.45, 7) is 6.53. The van der Waals surface area contributed by atoms with E-state index in [1.165, 1.54) is 11.4 Å². The van der Waals surface area contributed by atoms with Gasteiger partial charge in [0, 0.05) is 31.2 Å². The van der Waals surface area contributed by atoms with E-state index in [1.54, 1.807) is 6.33 Å². The fourth-order valence-corrected chi connectivity index (χ4v) is 3.36. The average Bonchev–Trinajstić information content (AvgIpc) is 3.02. The molecule has 2 amide bonds. The van der Waals surface area contributed by atoms with Gasteiger partial charge in [-0.1, -0.05) is 12.1 Å². The van der Waals surface area contributed by atoms with Crippen molar-refractivity contribution in [3.05, 3.63) is 42.0 Å². The first-order valence-corrected chi connectivity index (χ1v) is 8.57. The Morgan fingerprint density at radius 2 is 2.08 bits per heavy atom. The highest BCUT2D eigenvalue weighted by atomic mass is 16.2. The van der Waals surface area contributed by atoms with Crippen molar-refractivity contribution in [2.75, 3.05) is 29.9 Å². The van der Waals surface area contributed by atoms with Crippen molar-refractivity contribution in [2.45, 2.75) is 32.6 Å². The maximum Gasteiger partial charge on any atom is 0.319 e. The van der Waals surface area contributed by atoms with E-state index in [1.807, 2.05) is 25.1 Å². The summed E-state index contributed by atoms with van der Waals surface area (Å²) in [5.74, 6) is 0.510. The molecule has 128 valence electrons. The number of aromatic amines is 1. The molecule has 0 spiro atoms. The molecule has 2 aromatic rings. The number of hydrogen-bond donors (Lipinski definition) is 3. The first-order valence-electron chi connectivity index (χ1n) is 8.57. The summed E-state index contributed by atoms with van der Waals surface area (Å²) in [6, 6.07) is 7.83. The van der Waals surface area contributed by atoms with Crippen LogP contribution in [0.2, 0.25) is 0 Å². The molecule has 6 heteroatoms. The molecule has 0 saturated carbocycles. The van der Waals surface area contributed by atoms with E-state index < -0.39 is 0 Å². The quantitative estimate of drug-likeness (QED) is 0.807. The molecule has 2 heterocycles. The Hall–Kier alpha value is -2.50. The van der Waals surface area contributed by atoms with Crippen LogP contribution in [-0.4, -0.2) is 35.6 Å². The van der Waals surface area contributed by atoms with Crippen LogP contribution in [0, 0.1) is 6.92 Å². The number of para-hydroxylation sites is 2. The number of aryl methyl sites for hydroxylation is 1. The SMILES string of the molecule is CCNC(=O)Nc1ccccc1N1CCC(c2nc[nH]c2C)CC1. The zero-order valence-electron chi connectivity index (χ0n) is 14.3. The molecule has 1 aromatic heterocycles. The minimum Gasteiger partial charge on any atom is -0.370 e. The Bertz CT molecular complexity index is 688. The second kappa shape index (κ2) is 7.38. The summed E-state index contributed by atoms with van der Waals surface area (Å²) in [5.41, 5.74) is 4.31. The molecular weight excluding hydrogens is 302 g/mol. The van der Waals surface area contributed by atoms with Crippen molar-refractivity contribution in [3.8, 4) is 0 Å². The molecule has 0 aliphatic carbocycles. The number of anilines is 2. The smallest absolute Gasteiger partial charge is 0.319 e. The second-order valence-electron chi connectivity index (χ2n) is 6.18. The third-order valence-electron chi connectivity index (χ3n) is 4.58. The second-order valence-corrected chi connectivity index (χ2v) is 6.18. The predicted octanol–water partition coefficient (Wildman–Crippen LogP) is 3.24. The number of aromatic nitrogens is 2. The molecule has 0 radical (unpaired) electrons. The lowest BCUT2D eigenvalue weighted by Gasteiger charge is -2.34. The predicted molar refractivity (Wildman–Crippen MR) is 96.7 cm³/mol. The molecule has 1 fully saturated rings. The summed E-state index contributed by atoms with van der Waals surface area (Å²) in [5, 5.41) is 5.72. The van der Waals surface area contributed by atoms with Gasteiger partial charge in [-0.2, -0.15) is 0 Å². The van der Waals surface area contributed by atoms with Crippen LogP contribution in [0.25, 0.3) is 0 Å². The Morgan fingerprint density at radius 1 is 1.33 bits per heavy atom. The molecule has 0 bridgehead atoms. The number of H-pyrrole nitrogens is 1. The van der Waals surface area contributed by atoms with Crippen molar-refractivity contribution >= 4 is 17.4 Å². The third kappa shape index (κ3) is 3.53. The molecule has 1 saturated heterocycles. The van der Waals surface area contributed by atoms with Crippen LogP contribution in [0.3, 0.4) is 0 Å². The van der Waals surface area contributed by atoms with Crippen LogP contribution in [-0.2, 0) is 0 Å². The number of nitrogens with one attached hydrogen (secondary N) is 3. The van der Waals surface area contributed by atoms with Crippen molar-refractivity contribution in [1.29, 1.82) is 0 Å². The number of carbonyl (C=O) groups is 1. The molecular formula is C18H25N5O. The highest BCUT2D eigenvalue weighted by Gasteiger charge is 2.24. The van der Waals surface area contributed by atoms with Gasteiger partial charge in [-0.25, -0.2) is 9.78 Å².